The quantitative estimate of drug-likeness (QED) is 0.409. The normalized spacial score (nSPS) is 14.1. The summed E-state index contributed by atoms with van der Waals surface area (Å²) in [6.45, 7) is 0. The van der Waals surface area contributed by atoms with E-state index in [-0.39, 0.29) is 0 Å². The van der Waals surface area contributed by atoms with Gasteiger partial charge in [-0.25, -0.2) is 0 Å². The molecule has 0 aliphatic carbocycles. The number of aliphatic carboxylic acids is 2. The lowest BCUT2D eigenvalue weighted by Crippen LogP contribution is -2.29. The summed E-state index contributed by atoms with van der Waals surface area (Å²) in [4.78, 5) is 20.9. The van der Waals surface area contributed by atoms with Crippen LogP contribution in [0.5, 0.6) is 0 Å². The third-order valence-electron chi connectivity index (χ3n) is 2.91. The molecule has 6 nitrogen and oxygen atoms in total. The Morgan fingerprint density at radius 3 is 1.28 bits per heavy atom. The van der Waals surface area contributed by atoms with Gasteiger partial charge < -0.3 is 21.7 Å². The molecule has 0 aromatic carbocycles. The second-order valence-electron chi connectivity index (χ2n) is 4.59. The highest BCUT2D eigenvalue weighted by atomic mass is 16.4. The molecule has 18 heavy (non-hydrogen) atoms. The van der Waals surface area contributed by atoms with E-state index in [1.165, 1.54) is 0 Å². The Labute approximate surface area is 107 Å². The van der Waals surface area contributed by atoms with E-state index in [1.54, 1.807) is 0 Å². The van der Waals surface area contributed by atoms with E-state index in [0.717, 1.165) is 38.5 Å². The Bertz CT molecular complexity index is 232. The van der Waals surface area contributed by atoms with Crippen molar-refractivity contribution in [1.82, 2.24) is 0 Å². The van der Waals surface area contributed by atoms with Gasteiger partial charge in [-0.1, -0.05) is 38.5 Å². The maximum absolute atomic E-state index is 10.4. The minimum atomic E-state index is -0.947. The number of hydrogen-bond donors (Lipinski definition) is 4. The third kappa shape index (κ3) is 8.95. The van der Waals surface area contributed by atoms with Crippen LogP contribution in [0, 0.1) is 0 Å². The molecule has 0 aromatic heterocycles. The highest BCUT2D eigenvalue weighted by Gasteiger charge is 2.11. The molecule has 0 aliphatic heterocycles. The summed E-state index contributed by atoms with van der Waals surface area (Å²) in [6.07, 6.45) is 6.64. The molecule has 0 heterocycles. The topological polar surface area (TPSA) is 127 Å². The second-order valence-corrected chi connectivity index (χ2v) is 4.59. The predicted octanol–water partition coefficient (Wildman–Crippen LogP) is 0.931. The van der Waals surface area contributed by atoms with Crippen molar-refractivity contribution in [2.24, 2.45) is 11.5 Å². The number of carboxylic acid groups (broad SMARTS) is 2. The van der Waals surface area contributed by atoms with Gasteiger partial charge >= 0.3 is 11.9 Å². The Kier molecular flexibility index (Phi) is 9.22. The van der Waals surface area contributed by atoms with Crippen molar-refractivity contribution in [3.8, 4) is 0 Å². The van der Waals surface area contributed by atoms with Crippen LogP contribution >= 0.6 is 0 Å². The fourth-order valence-electron chi connectivity index (χ4n) is 1.68. The van der Waals surface area contributed by atoms with Crippen LogP contribution in [0.15, 0.2) is 0 Å². The molecule has 0 fully saturated rings. The minimum Gasteiger partial charge on any atom is -0.480 e. The Hall–Kier alpha value is -1.14. The van der Waals surface area contributed by atoms with Crippen LogP contribution in [0.25, 0.3) is 0 Å². The maximum atomic E-state index is 10.4. The van der Waals surface area contributed by atoms with Gasteiger partial charge in [0.2, 0.25) is 0 Å². The Morgan fingerprint density at radius 2 is 1.00 bits per heavy atom. The molecule has 0 aromatic rings. The maximum Gasteiger partial charge on any atom is 0.320 e. The summed E-state index contributed by atoms with van der Waals surface area (Å²) in [6, 6.07) is -1.50. The molecule has 6 heteroatoms. The van der Waals surface area contributed by atoms with Crippen LogP contribution in [-0.2, 0) is 9.59 Å². The molecule has 0 spiro atoms. The first-order valence-corrected chi connectivity index (χ1v) is 6.42. The van der Waals surface area contributed by atoms with Crippen molar-refractivity contribution in [2.45, 2.75) is 63.5 Å². The van der Waals surface area contributed by atoms with Gasteiger partial charge in [-0.05, 0) is 12.8 Å². The number of carbonyl (C=O) groups is 2. The van der Waals surface area contributed by atoms with E-state index in [0.29, 0.717) is 12.8 Å². The number of hydrogen-bond acceptors (Lipinski definition) is 4. The van der Waals surface area contributed by atoms with Crippen LogP contribution in [0.2, 0.25) is 0 Å². The van der Waals surface area contributed by atoms with Gasteiger partial charge in [-0.3, -0.25) is 9.59 Å². The molecule has 0 radical (unpaired) electrons. The fraction of sp³-hybridized carbons (Fsp3) is 0.833. The summed E-state index contributed by atoms with van der Waals surface area (Å²) in [5, 5.41) is 17.1. The average Bonchev–Trinajstić information content (AvgIpc) is 2.31. The molecule has 0 aliphatic rings. The monoisotopic (exact) mass is 260 g/mol. The lowest BCUT2D eigenvalue weighted by molar-refractivity contribution is -0.139. The van der Waals surface area contributed by atoms with Crippen LogP contribution in [-0.4, -0.2) is 34.2 Å². The molecule has 2 unspecified atom stereocenters. The first-order valence-electron chi connectivity index (χ1n) is 6.42. The van der Waals surface area contributed by atoms with Gasteiger partial charge in [0.1, 0.15) is 12.1 Å². The fourth-order valence-corrected chi connectivity index (χ4v) is 1.68. The third-order valence-corrected chi connectivity index (χ3v) is 2.91. The molecule has 0 saturated heterocycles. The minimum absolute atomic E-state index is 0.513. The molecule has 0 amide bonds. The van der Waals surface area contributed by atoms with E-state index in [4.69, 9.17) is 21.7 Å². The largest absolute Gasteiger partial charge is 0.480 e. The summed E-state index contributed by atoms with van der Waals surface area (Å²) in [5.74, 6) is -1.89. The van der Waals surface area contributed by atoms with E-state index >= 15 is 0 Å². The van der Waals surface area contributed by atoms with E-state index in [2.05, 4.69) is 0 Å². The number of rotatable bonds is 11. The summed E-state index contributed by atoms with van der Waals surface area (Å²) in [7, 11) is 0. The van der Waals surface area contributed by atoms with Crippen LogP contribution in [0.4, 0.5) is 0 Å². The van der Waals surface area contributed by atoms with Gasteiger partial charge in [-0.15, -0.1) is 0 Å². The molecule has 106 valence electrons. The highest BCUT2D eigenvalue weighted by Crippen LogP contribution is 2.10. The van der Waals surface area contributed by atoms with Gasteiger partial charge in [0.25, 0.3) is 0 Å². The lowest BCUT2D eigenvalue weighted by Gasteiger charge is -2.07. The highest BCUT2D eigenvalue weighted by molar-refractivity contribution is 5.73. The van der Waals surface area contributed by atoms with Gasteiger partial charge in [0.15, 0.2) is 0 Å². The molecular weight excluding hydrogens is 236 g/mol. The molecule has 2 atom stereocenters. The van der Waals surface area contributed by atoms with Crippen molar-refractivity contribution in [2.75, 3.05) is 0 Å². The van der Waals surface area contributed by atoms with E-state index in [9.17, 15) is 9.59 Å². The lowest BCUT2D eigenvalue weighted by atomic mass is 10.0. The smallest absolute Gasteiger partial charge is 0.320 e. The standard InChI is InChI=1S/C12H24N2O4/c13-9(11(15)16)7-5-3-1-2-4-6-8-10(14)12(17)18/h9-10H,1-8,13-14H2,(H,15,16)(H,17,18). The number of nitrogens with two attached hydrogens (primary N) is 2. The van der Waals surface area contributed by atoms with Gasteiger partial charge in [0, 0.05) is 0 Å². The molecular formula is C12H24N2O4. The predicted molar refractivity (Wildman–Crippen MR) is 68.2 cm³/mol. The molecule has 0 rings (SSSR count). The molecule has 6 N–H and O–H groups in total. The summed E-state index contributed by atoms with van der Waals surface area (Å²) in [5.41, 5.74) is 10.7. The number of unbranched alkanes of at least 4 members (excludes halogenated alkanes) is 5. The number of carboxylic acids is 2. The van der Waals surface area contributed by atoms with Crippen LogP contribution in [0.3, 0.4) is 0 Å². The van der Waals surface area contributed by atoms with Crippen molar-refractivity contribution in [3.63, 3.8) is 0 Å². The Balaban J connectivity index is 3.26. The van der Waals surface area contributed by atoms with Gasteiger partial charge in [-0.2, -0.15) is 0 Å². The zero-order chi connectivity index (χ0) is 14.0. The van der Waals surface area contributed by atoms with Gasteiger partial charge in [0.05, 0.1) is 0 Å². The van der Waals surface area contributed by atoms with E-state index in [1.807, 2.05) is 0 Å². The van der Waals surface area contributed by atoms with Crippen molar-refractivity contribution in [3.05, 3.63) is 0 Å². The SMILES string of the molecule is NC(CCCCCCCCC(N)C(=O)O)C(=O)O. The first kappa shape index (κ1) is 16.9. The summed E-state index contributed by atoms with van der Waals surface area (Å²) >= 11 is 0. The zero-order valence-corrected chi connectivity index (χ0v) is 10.7. The van der Waals surface area contributed by atoms with E-state index < -0.39 is 24.0 Å². The Morgan fingerprint density at radius 1 is 0.722 bits per heavy atom. The van der Waals surface area contributed by atoms with Crippen molar-refractivity contribution < 1.29 is 19.8 Å². The van der Waals surface area contributed by atoms with Crippen molar-refractivity contribution in [1.29, 1.82) is 0 Å². The summed E-state index contributed by atoms with van der Waals surface area (Å²) < 4.78 is 0. The molecule has 0 saturated carbocycles. The first-order chi connectivity index (χ1) is 8.45. The molecule has 0 bridgehead atoms. The van der Waals surface area contributed by atoms with Crippen molar-refractivity contribution >= 4 is 11.9 Å². The second kappa shape index (κ2) is 9.85. The zero-order valence-electron chi connectivity index (χ0n) is 10.7. The van der Waals surface area contributed by atoms with Crippen LogP contribution in [0.1, 0.15) is 51.4 Å². The average molecular weight is 260 g/mol. The van der Waals surface area contributed by atoms with Crippen LogP contribution < -0.4 is 11.5 Å².